The van der Waals surface area contributed by atoms with Crippen molar-refractivity contribution in [2.24, 2.45) is 11.7 Å². The summed E-state index contributed by atoms with van der Waals surface area (Å²) in [7, 11) is 1.80. The van der Waals surface area contributed by atoms with Crippen molar-refractivity contribution < 1.29 is 4.74 Å². The van der Waals surface area contributed by atoms with E-state index >= 15 is 0 Å². The van der Waals surface area contributed by atoms with E-state index in [1.54, 1.807) is 18.4 Å². The molecule has 0 aliphatic heterocycles. The monoisotopic (exact) mass is 268 g/mol. The molecule has 1 fully saturated rings. The molecule has 1 aliphatic rings. The lowest BCUT2D eigenvalue weighted by molar-refractivity contribution is 0.0177. The number of rotatable bonds is 5. The van der Waals surface area contributed by atoms with Gasteiger partial charge in [0.1, 0.15) is 0 Å². The summed E-state index contributed by atoms with van der Waals surface area (Å²) in [4.78, 5) is 4.50. The average molecular weight is 268 g/mol. The van der Waals surface area contributed by atoms with E-state index in [4.69, 9.17) is 10.5 Å². The normalized spacial score (nSPS) is 20.8. The minimum Gasteiger partial charge on any atom is -0.380 e. The molecule has 18 heavy (non-hydrogen) atoms. The van der Waals surface area contributed by atoms with E-state index in [9.17, 15) is 0 Å². The van der Waals surface area contributed by atoms with Crippen molar-refractivity contribution in [3.05, 3.63) is 16.1 Å². The molecular formula is C14H24N2OS. The largest absolute Gasteiger partial charge is 0.380 e. The van der Waals surface area contributed by atoms with Gasteiger partial charge in [-0.2, -0.15) is 0 Å². The van der Waals surface area contributed by atoms with Crippen molar-refractivity contribution in [1.82, 2.24) is 4.98 Å². The molecule has 4 heteroatoms. The summed E-state index contributed by atoms with van der Waals surface area (Å²) in [6.45, 7) is 2.04. The maximum atomic E-state index is 6.34. The van der Waals surface area contributed by atoms with Crippen LogP contribution in [-0.4, -0.2) is 24.2 Å². The summed E-state index contributed by atoms with van der Waals surface area (Å²) in [5.41, 5.74) is 7.45. The van der Waals surface area contributed by atoms with Gasteiger partial charge in [0.2, 0.25) is 0 Å². The summed E-state index contributed by atoms with van der Waals surface area (Å²) in [5.74, 6) is 0.637. The van der Waals surface area contributed by atoms with Gasteiger partial charge >= 0.3 is 0 Å². The highest BCUT2D eigenvalue weighted by Gasteiger charge is 2.28. The van der Waals surface area contributed by atoms with Gasteiger partial charge in [0.05, 0.1) is 16.8 Å². The number of nitrogens with zero attached hydrogens (tertiary/aromatic N) is 1. The minimum absolute atomic E-state index is 0.0691. The summed E-state index contributed by atoms with van der Waals surface area (Å²) in [6, 6.07) is 0.0691. The van der Waals surface area contributed by atoms with Crippen LogP contribution in [0.2, 0.25) is 0 Å². The Bertz CT molecular complexity index is 360. The second-order valence-electron chi connectivity index (χ2n) is 5.32. The molecule has 1 aliphatic carbocycles. The molecule has 2 N–H and O–H groups in total. The van der Waals surface area contributed by atoms with Crippen molar-refractivity contribution in [1.29, 1.82) is 0 Å². The van der Waals surface area contributed by atoms with Crippen LogP contribution in [0.1, 0.15) is 42.8 Å². The molecule has 1 heterocycles. The van der Waals surface area contributed by atoms with Crippen LogP contribution in [0.3, 0.4) is 0 Å². The first-order chi connectivity index (χ1) is 8.70. The fraction of sp³-hybridized carbons (Fsp3) is 0.786. The van der Waals surface area contributed by atoms with Gasteiger partial charge in [-0.3, -0.25) is 0 Å². The Morgan fingerprint density at radius 2 is 2.17 bits per heavy atom. The van der Waals surface area contributed by atoms with Gasteiger partial charge in [-0.1, -0.05) is 19.3 Å². The highest BCUT2D eigenvalue weighted by molar-refractivity contribution is 7.09. The third-order valence-corrected chi connectivity index (χ3v) is 4.74. The molecule has 2 rings (SSSR count). The summed E-state index contributed by atoms with van der Waals surface area (Å²) in [6.07, 6.45) is 7.57. The predicted octanol–water partition coefficient (Wildman–Crippen LogP) is 2.92. The fourth-order valence-corrected chi connectivity index (χ4v) is 3.66. The number of aryl methyl sites for hydroxylation is 1. The van der Waals surface area contributed by atoms with Gasteiger partial charge in [0.15, 0.2) is 0 Å². The highest BCUT2D eigenvalue weighted by atomic mass is 32.1. The summed E-state index contributed by atoms with van der Waals surface area (Å²) >= 11 is 1.69. The van der Waals surface area contributed by atoms with Crippen LogP contribution >= 0.6 is 11.3 Å². The van der Waals surface area contributed by atoms with Gasteiger partial charge in [-0.15, -0.1) is 11.3 Å². The number of nitrogens with two attached hydrogens (primary N) is 1. The van der Waals surface area contributed by atoms with Crippen LogP contribution in [0.5, 0.6) is 0 Å². The zero-order chi connectivity index (χ0) is 13.0. The van der Waals surface area contributed by atoms with E-state index in [0.29, 0.717) is 5.92 Å². The van der Waals surface area contributed by atoms with Crippen molar-refractivity contribution in [2.75, 3.05) is 7.11 Å². The zero-order valence-corrected chi connectivity index (χ0v) is 12.2. The second-order valence-corrected chi connectivity index (χ2v) is 6.39. The maximum absolute atomic E-state index is 6.34. The number of ether oxygens (including phenoxy) is 1. The SMILES string of the molecule is COC(C(N)Cc1csc(C)n1)C1CCCCC1. The number of hydrogen-bond acceptors (Lipinski definition) is 4. The molecule has 2 atom stereocenters. The molecule has 0 aromatic carbocycles. The van der Waals surface area contributed by atoms with Gasteiger partial charge in [-0.05, 0) is 25.7 Å². The number of thiazole rings is 1. The highest BCUT2D eigenvalue weighted by Crippen LogP contribution is 2.29. The van der Waals surface area contributed by atoms with E-state index in [2.05, 4.69) is 10.4 Å². The van der Waals surface area contributed by atoms with Crippen LogP contribution in [0.25, 0.3) is 0 Å². The standard InChI is InChI=1S/C14H24N2OS/c1-10-16-12(9-18-10)8-13(15)14(17-2)11-6-4-3-5-7-11/h9,11,13-14H,3-8,15H2,1-2H3. The molecule has 0 radical (unpaired) electrons. The van der Waals surface area contributed by atoms with Crippen molar-refractivity contribution >= 4 is 11.3 Å². The summed E-state index contributed by atoms with van der Waals surface area (Å²) < 4.78 is 5.68. The molecule has 0 saturated heterocycles. The Hall–Kier alpha value is -0.450. The molecule has 0 bridgehead atoms. The lowest BCUT2D eigenvalue weighted by Gasteiger charge is -2.32. The van der Waals surface area contributed by atoms with Crippen molar-refractivity contribution in [2.45, 2.75) is 57.6 Å². The summed E-state index contributed by atoms with van der Waals surface area (Å²) in [5, 5.41) is 3.23. The van der Waals surface area contributed by atoms with E-state index in [-0.39, 0.29) is 12.1 Å². The van der Waals surface area contributed by atoms with Crippen LogP contribution in [-0.2, 0) is 11.2 Å². The Labute approximate surface area is 114 Å². The molecular weight excluding hydrogens is 244 g/mol. The number of aromatic nitrogens is 1. The number of hydrogen-bond donors (Lipinski definition) is 1. The van der Waals surface area contributed by atoms with Crippen LogP contribution < -0.4 is 5.73 Å². The first-order valence-corrected chi connectivity index (χ1v) is 7.78. The molecule has 3 nitrogen and oxygen atoms in total. The Morgan fingerprint density at radius 3 is 2.72 bits per heavy atom. The lowest BCUT2D eigenvalue weighted by atomic mass is 9.82. The van der Waals surface area contributed by atoms with Crippen molar-refractivity contribution in [3.63, 3.8) is 0 Å². The molecule has 102 valence electrons. The topological polar surface area (TPSA) is 48.1 Å². The Kier molecular flexibility index (Phi) is 5.15. The molecule has 1 aromatic heterocycles. The maximum Gasteiger partial charge on any atom is 0.0897 e. The quantitative estimate of drug-likeness (QED) is 0.893. The minimum atomic E-state index is 0.0691. The molecule has 1 saturated carbocycles. The third kappa shape index (κ3) is 3.53. The van der Waals surface area contributed by atoms with Gasteiger partial charge < -0.3 is 10.5 Å². The number of methoxy groups -OCH3 is 1. The van der Waals surface area contributed by atoms with E-state index in [0.717, 1.165) is 17.1 Å². The van der Waals surface area contributed by atoms with Crippen molar-refractivity contribution in [3.8, 4) is 0 Å². The zero-order valence-electron chi connectivity index (χ0n) is 11.4. The second kappa shape index (κ2) is 6.64. The first-order valence-electron chi connectivity index (χ1n) is 6.90. The van der Waals surface area contributed by atoms with Gasteiger partial charge in [0, 0.05) is 25.0 Å². The Balaban J connectivity index is 1.93. The van der Waals surface area contributed by atoms with Crippen LogP contribution in [0.15, 0.2) is 5.38 Å². The van der Waals surface area contributed by atoms with E-state index < -0.39 is 0 Å². The van der Waals surface area contributed by atoms with Crippen LogP contribution in [0.4, 0.5) is 0 Å². The van der Waals surface area contributed by atoms with E-state index in [1.165, 1.54) is 32.1 Å². The molecule has 1 aromatic rings. The molecule has 0 spiro atoms. The predicted molar refractivity (Wildman–Crippen MR) is 75.9 cm³/mol. The molecule has 0 amide bonds. The van der Waals surface area contributed by atoms with E-state index in [1.807, 2.05) is 6.92 Å². The smallest absolute Gasteiger partial charge is 0.0897 e. The fourth-order valence-electron chi connectivity index (χ4n) is 3.04. The average Bonchev–Trinajstić information content (AvgIpc) is 2.77. The third-order valence-electron chi connectivity index (χ3n) is 3.92. The Morgan fingerprint density at radius 1 is 1.44 bits per heavy atom. The lowest BCUT2D eigenvalue weighted by Crippen LogP contribution is -2.43. The van der Waals surface area contributed by atoms with Gasteiger partial charge in [-0.25, -0.2) is 4.98 Å². The molecule has 2 unspecified atom stereocenters. The van der Waals surface area contributed by atoms with Crippen LogP contribution in [0, 0.1) is 12.8 Å². The first kappa shape index (κ1) is 14.0. The van der Waals surface area contributed by atoms with Gasteiger partial charge in [0.25, 0.3) is 0 Å².